The second-order valence-corrected chi connectivity index (χ2v) is 16.3. The van der Waals surface area contributed by atoms with Crippen LogP contribution in [-0.2, 0) is 35.2 Å². The van der Waals surface area contributed by atoms with Crippen LogP contribution in [0.4, 0.5) is 9.59 Å². The molecule has 1 aliphatic rings. The Labute approximate surface area is 352 Å². The van der Waals surface area contributed by atoms with Gasteiger partial charge in [-0.1, -0.05) is 92.2 Å². The van der Waals surface area contributed by atoms with Gasteiger partial charge in [-0.3, -0.25) is 14.6 Å². The summed E-state index contributed by atoms with van der Waals surface area (Å²) >= 11 is 0. The molecule has 1 aliphatic carbocycles. The number of hydrogen-bond acceptors (Lipinski definition) is 9. The zero-order chi connectivity index (χ0) is 43.8. The predicted octanol–water partition coefficient (Wildman–Crippen LogP) is 5.32. The molecular weight excluding hydrogens is 767 g/mol. The van der Waals surface area contributed by atoms with Gasteiger partial charge in [0.25, 0.3) is 0 Å². The zero-order valence-electron chi connectivity index (χ0n) is 35.5. The number of nitrogens with two attached hydrogens (primary N) is 2. The van der Waals surface area contributed by atoms with Crippen molar-refractivity contribution in [2.75, 3.05) is 19.7 Å². The molecule has 0 fully saturated rings. The second-order valence-electron chi connectivity index (χ2n) is 16.3. The van der Waals surface area contributed by atoms with Crippen molar-refractivity contribution in [1.29, 1.82) is 0 Å². The van der Waals surface area contributed by atoms with Crippen LogP contribution in [0.1, 0.15) is 94.9 Å². The summed E-state index contributed by atoms with van der Waals surface area (Å²) in [7, 11) is 0. The molecule has 0 aromatic heterocycles. The Hall–Kier alpha value is -6.12. The van der Waals surface area contributed by atoms with E-state index < -0.39 is 59.6 Å². The molecule has 0 spiro atoms. The number of guanidine groups is 1. The van der Waals surface area contributed by atoms with Crippen LogP contribution in [0.15, 0.2) is 77.8 Å². The van der Waals surface area contributed by atoms with E-state index in [-0.39, 0.29) is 44.5 Å². The number of aliphatic imine (C=N–C) groups is 1. The molecule has 15 nitrogen and oxygen atoms in total. The average molecular weight is 828 g/mol. The minimum Gasteiger partial charge on any atom is -0.459 e. The van der Waals surface area contributed by atoms with E-state index in [1.807, 2.05) is 79.7 Å². The summed E-state index contributed by atoms with van der Waals surface area (Å²) in [6, 6.07) is 20.2. The Balaban J connectivity index is 1.42. The predicted molar refractivity (Wildman–Crippen MR) is 230 cm³/mol. The lowest BCUT2D eigenvalue weighted by Crippen LogP contribution is -2.57. The Bertz CT molecular complexity index is 1910. The minimum absolute atomic E-state index is 0.000895. The number of carbonyl (C=O) groups is 5. The molecule has 4 amide bonds. The van der Waals surface area contributed by atoms with E-state index in [0.29, 0.717) is 25.8 Å². The maximum atomic E-state index is 13.9. The summed E-state index contributed by atoms with van der Waals surface area (Å²) in [4.78, 5) is 70.8. The summed E-state index contributed by atoms with van der Waals surface area (Å²) in [5, 5.41) is 11.0. The van der Waals surface area contributed by atoms with Gasteiger partial charge in [-0.25, -0.2) is 14.4 Å². The fourth-order valence-electron chi connectivity index (χ4n) is 6.77. The van der Waals surface area contributed by atoms with Crippen molar-refractivity contribution in [2.24, 2.45) is 22.4 Å². The van der Waals surface area contributed by atoms with Crippen molar-refractivity contribution in [3.05, 3.63) is 95.1 Å². The van der Waals surface area contributed by atoms with E-state index >= 15 is 0 Å². The lowest BCUT2D eigenvalue weighted by Gasteiger charge is -2.27. The van der Waals surface area contributed by atoms with Gasteiger partial charge >= 0.3 is 18.2 Å². The smallest absolute Gasteiger partial charge is 0.407 e. The van der Waals surface area contributed by atoms with E-state index in [2.05, 4.69) is 26.3 Å². The van der Waals surface area contributed by atoms with Gasteiger partial charge in [0.05, 0.1) is 0 Å². The van der Waals surface area contributed by atoms with Crippen LogP contribution in [0.2, 0.25) is 0 Å². The number of rotatable bonds is 20. The maximum absolute atomic E-state index is 13.9. The van der Waals surface area contributed by atoms with Crippen molar-refractivity contribution < 1.29 is 38.2 Å². The number of nitrogens with zero attached hydrogens (tertiary/aromatic N) is 1. The van der Waals surface area contributed by atoms with Crippen LogP contribution in [0, 0.1) is 12.8 Å². The first-order valence-electron chi connectivity index (χ1n) is 20.5. The highest BCUT2D eigenvalue weighted by Gasteiger charge is 2.33. The molecule has 8 N–H and O–H groups in total. The van der Waals surface area contributed by atoms with Crippen LogP contribution >= 0.6 is 0 Å². The number of esters is 1. The van der Waals surface area contributed by atoms with Crippen LogP contribution in [0.25, 0.3) is 11.1 Å². The lowest BCUT2D eigenvalue weighted by atomic mass is 9.98. The third kappa shape index (κ3) is 14.6. The van der Waals surface area contributed by atoms with E-state index in [1.54, 1.807) is 34.6 Å². The molecule has 0 unspecified atom stereocenters. The number of alkyl carbamates (subject to hydrolysis) is 2. The van der Waals surface area contributed by atoms with Gasteiger partial charge in [-0.2, -0.15) is 0 Å². The molecule has 0 bridgehead atoms. The monoisotopic (exact) mass is 827 g/mol. The number of aryl methyl sites for hydroxylation is 1. The molecule has 0 saturated carbocycles. The fourth-order valence-corrected chi connectivity index (χ4v) is 6.77. The highest BCUT2D eigenvalue weighted by atomic mass is 16.6. The molecule has 3 atom stereocenters. The molecule has 60 heavy (non-hydrogen) atoms. The molecule has 3 aromatic carbocycles. The van der Waals surface area contributed by atoms with Crippen LogP contribution in [0.3, 0.4) is 0 Å². The molecular formula is C45H61N7O8. The van der Waals surface area contributed by atoms with Crippen molar-refractivity contribution >= 4 is 35.9 Å². The number of fused-ring (bicyclic) bond motifs is 3. The summed E-state index contributed by atoms with van der Waals surface area (Å²) < 4.78 is 16.7. The molecule has 4 rings (SSSR count). The maximum Gasteiger partial charge on any atom is 0.407 e. The molecule has 0 saturated heterocycles. The summed E-state index contributed by atoms with van der Waals surface area (Å²) in [6.07, 6.45) is 0.236. The van der Waals surface area contributed by atoms with Gasteiger partial charge < -0.3 is 46.9 Å². The SMILES string of the molecule is Cc1ccc(COC(=O)[C@H](CCCCNC(=O)OC(C)(C)C)NC(=O)[C@H](NC(=O)[C@H](CCCN=C(N)N)NC(=O)OCC2c3ccccc3-c3ccccc32)C(C)C)cc1. The van der Waals surface area contributed by atoms with E-state index in [1.165, 1.54) is 0 Å². The lowest BCUT2D eigenvalue weighted by molar-refractivity contribution is -0.149. The quantitative estimate of drug-likeness (QED) is 0.0283. The van der Waals surface area contributed by atoms with Gasteiger partial charge in [0.1, 0.15) is 36.9 Å². The van der Waals surface area contributed by atoms with Crippen LogP contribution in [-0.4, -0.2) is 79.4 Å². The number of ether oxygens (including phenoxy) is 3. The topological polar surface area (TPSA) is 226 Å². The van der Waals surface area contributed by atoms with Gasteiger partial charge in [-0.15, -0.1) is 0 Å². The number of hydrogen-bond donors (Lipinski definition) is 6. The molecule has 0 heterocycles. The van der Waals surface area contributed by atoms with Gasteiger partial charge in [-0.05, 0) is 93.5 Å². The van der Waals surface area contributed by atoms with Crippen molar-refractivity contribution in [3.63, 3.8) is 0 Å². The van der Waals surface area contributed by atoms with Crippen LogP contribution in [0.5, 0.6) is 0 Å². The average Bonchev–Trinajstić information content (AvgIpc) is 3.51. The van der Waals surface area contributed by atoms with Gasteiger partial charge in [0, 0.05) is 19.0 Å². The molecule has 0 radical (unpaired) electrons. The number of unbranched alkanes of at least 4 members (excludes halogenated alkanes) is 1. The highest BCUT2D eigenvalue weighted by molar-refractivity contribution is 5.93. The molecule has 0 aliphatic heterocycles. The zero-order valence-corrected chi connectivity index (χ0v) is 35.5. The third-order valence-corrected chi connectivity index (χ3v) is 9.83. The highest BCUT2D eigenvalue weighted by Crippen LogP contribution is 2.44. The number of amides is 4. The first kappa shape index (κ1) is 46.6. The van der Waals surface area contributed by atoms with Crippen molar-refractivity contribution in [1.82, 2.24) is 21.3 Å². The number of nitrogens with one attached hydrogen (secondary N) is 4. The number of carbonyl (C=O) groups excluding carboxylic acids is 5. The normalized spacial score (nSPS) is 13.4. The van der Waals surface area contributed by atoms with Crippen molar-refractivity contribution in [2.45, 2.75) is 110 Å². The van der Waals surface area contributed by atoms with E-state index in [9.17, 15) is 24.0 Å². The van der Waals surface area contributed by atoms with Gasteiger partial charge in [0.2, 0.25) is 11.8 Å². The second kappa shape index (κ2) is 22.3. The number of benzene rings is 3. The largest absolute Gasteiger partial charge is 0.459 e. The Morgan fingerprint density at radius 3 is 1.95 bits per heavy atom. The summed E-state index contributed by atoms with van der Waals surface area (Å²) in [5.74, 6) is -2.61. The Morgan fingerprint density at radius 1 is 0.733 bits per heavy atom. The first-order valence-corrected chi connectivity index (χ1v) is 20.5. The Kier molecular flexibility index (Phi) is 17.3. The molecule has 3 aromatic rings. The van der Waals surface area contributed by atoms with E-state index in [4.69, 9.17) is 25.7 Å². The third-order valence-electron chi connectivity index (χ3n) is 9.83. The van der Waals surface area contributed by atoms with E-state index in [0.717, 1.165) is 33.4 Å². The summed E-state index contributed by atoms with van der Waals surface area (Å²) in [6.45, 7) is 11.3. The van der Waals surface area contributed by atoms with Crippen LogP contribution < -0.4 is 32.7 Å². The fraction of sp³-hybridized carbons (Fsp3) is 0.467. The minimum atomic E-state index is -1.11. The molecule has 324 valence electrons. The van der Waals surface area contributed by atoms with Crippen molar-refractivity contribution in [3.8, 4) is 11.1 Å². The summed E-state index contributed by atoms with van der Waals surface area (Å²) in [5.41, 5.74) is 16.4. The first-order chi connectivity index (χ1) is 28.5. The van der Waals surface area contributed by atoms with Gasteiger partial charge in [0.15, 0.2) is 5.96 Å². The Morgan fingerprint density at radius 2 is 1.35 bits per heavy atom. The standard InChI is InChI=1S/C45H61N7O8/c1-28(2)38(40(54)50-37(18-11-12-24-49-43(56)60-45(4,5)6)41(55)58-26-30-22-20-29(3)21-23-30)52-39(53)36(19-13-25-48-42(46)47)51-44(57)59-27-35-33-16-9-7-14-31(33)32-15-8-10-17-34(32)35/h7-10,14-17,20-23,28,35-38H,11-13,18-19,24-27H2,1-6H3,(H,49,56)(H,50,54)(H,51,57)(H,52,53)(H4,46,47,48)/t36-,37-,38+/m0/s1. The molecule has 15 heteroatoms.